The summed E-state index contributed by atoms with van der Waals surface area (Å²) in [6, 6.07) is 12.4. The van der Waals surface area contributed by atoms with Crippen molar-refractivity contribution in [3.8, 4) is 6.07 Å². The minimum atomic E-state index is -0.651. The maximum Gasteiger partial charge on any atom is 0.190 e. The third kappa shape index (κ3) is 3.63. The zero-order valence-electron chi connectivity index (χ0n) is 12.3. The summed E-state index contributed by atoms with van der Waals surface area (Å²) in [5.74, 6) is 0.794. The topological polar surface area (TPSA) is 66.5 Å². The van der Waals surface area contributed by atoms with Crippen LogP contribution in [0.5, 0.6) is 0 Å². The van der Waals surface area contributed by atoms with E-state index in [2.05, 4.69) is 21.6 Å². The second-order valence-electron chi connectivity index (χ2n) is 4.74. The van der Waals surface area contributed by atoms with Crippen LogP contribution < -0.4 is 5.32 Å². The van der Waals surface area contributed by atoms with Crippen molar-refractivity contribution in [3.05, 3.63) is 42.2 Å². The fraction of sp³-hybridized carbons (Fsp3) is 0.400. The van der Waals surface area contributed by atoms with E-state index in [0.29, 0.717) is 6.42 Å². The molecule has 1 aromatic heterocycles. The molecule has 1 heterocycles. The Morgan fingerprint density at radius 1 is 1.38 bits per heavy atom. The largest absolute Gasteiger partial charge is 0.312 e. The molecule has 0 bridgehead atoms. The predicted octanol–water partition coefficient (Wildman–Crippen LogP) is 2.33. The van der Waals surface area contributed by atoms with Gasteiger partial charge < -0.3 is 4.57 Å². The van der Waals surface area contributed by atoms with Crippen LogP contribution >= 0.6 is 11.8 Å². The average molecular weight is 301 g/mol. The first-order chi connectivity index (χ1) is 10.2. The van der Waals surface area contributed by atoms with Crippen LogP contribution in [0.2, 0.25) is 0 Å². The van der Waals surface area contributed by atoms with Crippen LogP contribution in [0.3, 0.4) is 0 Å². The van der Waals surface area contributed by atoms with E-state index in [4.69, 9.17) is 0 Å². The molecule has 0 amide bonds. The molecule has 0 aliphatic heterocycles. The Morgan fingerprint density at radius 3 is 2.71 bits per heavy atom. The van der Waals surface area contributed by atoms with Gasteiger partial charge in [-0.05, 0) is 18.5 Å². The molecule has 0 radical (unpaired) electrons. The summed E-state index contributed by atoms with van der Waals surface area (Å²) >= 11 is 1.61. The molecule has 0 fully saturated rings. The number of nitriles is 1. The zero-order valence-corrected chi connectivity index (χ0v) is 13.1. The summed E-state index contributed by atoms with van der Waals surface area (Å²) in [6.07, 6.45) is 2.39. The van der Waals surface area contributed by atoms with Gasteiger partial charge in [0.25, 0.3) is 0 Å². The Kier molecular flexibility index (Phi) is 5.37. The smallest absolute Gasteiger partial charge is 0.190 e. The standard InChI is InChI=1S/C15H19N5S/c1-3-17-15(11-16,13-7-5-4-6-8-13)9-10-21-14-19-18-12-20(14)2/h4-8,12,17H,3,9-10H2,1-2H3. The molecule has 0 saturated carbocycles. The lowest BCUT2D eigenvalue weighted by molar-refractivity contribution is 0.428. The molecule has 21 heavy (non-hydrogen) atoms. The molecule has 0 aliphatic carbocycles. The second kappa shape index (κ2) is 7.25. The van der Waals surface area contributed by atoms with Gasteiger partial charge in [0, 0.05) is 12.8 Å². The van der Waals surface area contributed by atoms with Crippen LogP contribution in [-0.4, -0.2) is 27.1 Å². The van der Waals surface area contributed by atoms with E-state index in [-0.39, 0.29) is 0 Å². The predicted molar refractivity (Wildman–Crippen MR) is 83.8 cm³/mol. The van der Waals surface area contributed by atoms with Crippen LogP contribution in [0, 0.1) is 11.3 Å². The minimum absolute atomic E-state index is 0.651. The lowest BCUT2D eigenvalue weighted by Crippen LogP contribution is -2.41. The highest BCUT2D eigenvalue weighted by atomic mass is 32.2. The molecule has 0 saturated heterocycles. The van der Waals surface area contributed by atoms with Gasteiger partial charge in [0.15, 0.2) is 5.16 Å². The van der Waals surface area contributed by atoms with Gasteiger partial charge in [0.2, 0.25) is 0 Å². The van der Waals surface area contributed by atoms with Gasteiger partial charge in [-0.15, -0.1) is 10.2 Å². The van der Waals surface area contributed by atoms with Crippen LogP contribution in [0.15, 0.2) is 41.8 Å². The van der Waals surface area contributed by atoms with Crippen LogP contribution in [-0.2, 0) is 12.6 Å². The van der Waals surface area contributed by atoms with Gasteiger partial charge in [0.05, 0.1) is 6.07 Å². The molecule has 6 heteroatoms. The number of hydrogen-bond donors (Lipinski definition) is 1. The van der Waals surface area contributed by atoms with Crippen LogP contribution in [0.1, 0.15) is 18.9 Å². The summed E-state index contributed by atoms with van der Waals surface area (Å²) in [4.78, 5) is 0. The molecular formula is C15H19N5S. The molecule has 2 rings (SSSR count). The van der Waals surface area contributed by atoms with E-state index in [1.807, 2.05) is 48.9 Å². The van der Waals surface area contributed by atoms with Gasteiger partial charge in [-0.1, -0.05) is 49.0 Å². The monoisotopic (exact) mass is 301 g/mol. The molecule has 1 aromatic carbocycles. The highest BCUT2D eigenvalue weighted by Gasteiger charge is 2.30. The summed E-state index contributed by atoms with van der Waals surface area (Å²) in [6.45, 7) is 2.77. The third-order valence-electron chi connectivity index (χ3n) is 3.31. The molecule has 1 unspecified atom stereocenters. The number of thioether (sulfide) groups is 1. The highest BCUT2D eigenvalue weighted by molar-refractivity contribution is 7.99. The maximum atomic E-state index is 9.72. The maximum absolute atomic E-state index is 9.72. The number of benzene rings is 1. The quantitative estimate of drug-likeness (QED) is 0.795. The summed E-state index contributed by atoms with van der Waals surface area (Å²) in [5, 5.41) is 21.8. The first-order valence-corrected chi connectivity index (χ1v) is 7.89. The van der Waals surface area contributed by atoms with E-state index in [1.165, 1.54) is 0 Å². The van der Waals surface area contributed by atoms with Crippen molar-refractivity contribution in [2.75, 3.05) is 12.3 Å². The van der Waals surface area contributed by atoms with Crippen LogP contribution in [0.4, 0.5) is 0 Å². The van der Waals surface area contributed by atoms with Crippen molar-refractivity contribution in [2.24, 2.45) is 7.05 Å². The summed E-state index contributed by atoms with van der Waals surface area (Å²) < 4.78 is 1.88. The Labute approximate surface area is 129 Å². The highest BCUT2D eigenvalue weighted by Crippen LogP contribution is 2.27. The molecular weight excluding hydrogens is 282 g/mol. The first-order valence-electron chi connectivity index (χ1n) is 6.90. The van der Waals surface area contributed by atoms with E-state index in [0.717, 1.165) is 23.0 Å². The Bertz CT molecular complexity index is 604. The minimum Gasteiger partial charge on any atom is -0.312 e. The van der Waals surface area contributed by atoms with Gasteiger partial charge in [-0.25, -0.2) is 0 Å². The number of aryl methyl sites for hydroxylation is 1. The zero-order chi connectivity index (χ0) is 15.1. The molecule has 0 spiro atoms. The number of nitrogens with zero attached hydrogens (tertiary/aromatic N) is 4. The van der Waals surface area contributed by atoms with Crippen molar-refractivity contribution in [1.29, 1.82) is 5.26 Å². The Hall–Kier alpha value is -1.84. The van der Waals surface area contributed by atoms with Gasteiger partial charge in [-0.2, -0.15) is 5.26 Å². The molecule has 110 valence electrons. The fourth-order valence-electron chi connectivity index (χ4n) is 2.22. The first kappa shape index (κ1) is 15.5. The van der Waals surface area contributed by atoms with E-state index >= 15 is 0 Å². The SMILES string of the molecule is CCNC(C#N)(CCSc1nncn1C)c1ccccc1. The lowest BCUT2D eigenvalue weighted by atomic mass is 9.88. The fourth-order valence-corrected chi connectivity index (χ4v) is 3.16. The second-order valence-corrected chi connectivity index (χ2v) is 5.80. The summed E-state index contributed by atoms with van der Waals surface area (Å²) in [7, 11) is 1.92. The number of rotatable bonds is 7. The Morgan fingerprint density at radius 2 is 2.14 bits per heavy atom. The van der Waals surface area contributed by atoms with Gasteiger partial charge >= 0.3 is 0 Å². The number of hydrogen-bond acceptors (Lipinski definition) is 5. The third-order valence-corrected chi connectivity index (χ3v) is 4.35. The van der Waals surface area contributed by atoms with Crippen molar-refractivity contribution < 1.29 is 0 Å². The van der Waals surface area contributed by atoms with Crippen LogP contribution in [0.25, 0.3) is 0 Å². The average Bonchev–Trinajstić information content (AvgIpc) is 2.92. The van der Waals surface area contributed by atoms with Gasteiger partial charge in [-0.3, -0.25) is 5.32 Å². The molecule has 2 aromatic rings. The molecule has 1 atom stereocenters. The number of nitrogens with one attached hydrogen (secondary N) is 1. The lowest BCUT2D eigenvalue weighted by Gasteiger charge is -2.28. The Balaban J connectivity index is 2.10. The van der Waals surface area contributed by atoms with Crippen molar-refractivity contribution >= 4 is 11.8 Å². The summed E-state index contributed by atoms with van der Waals surface area (Å²) in [5.41, 5.74) is 0.356. The van der Waals surface area contributed by atoms with Gasteiger partial charge in [0.1, 0.15) is 11.9 Å². The molecule has 5 nitrogen and oxygen atoms in total. The molecule has 1 N–H and O–H groups in total. The van der Waals surface area contributed by atoms with Crippen molar-refractivity contribution in [1.82, 2.24) is 20.1 Å². The van der Waals surface area contributed by atoms with Crippen molar-refractivity contribution in [2.45, 2.75) is 24.0 Å². The van der Waals surface area contributed by atoms with E-state index in [1.54, 1.807) is 18.1 Å². The molecule has 0 aliphatic rings. The van der Waals surface area contributed by atoms with Crippen molar-refractivity contribution in [3.63, 3.8) is 0 Å². The van der Waals surface area contributed by atoms with E-state index < -0.39 is 5.54 Å². The van der Waals surface area contributed by atoms with E-state index in [9.17, 15) is 5.26 Å². The normalized spacial score (nSPS) is 13.6. The number of aromatic nitrogens is 3.